The van der Waals surface area contributed by atoms with E-state index in [4.69, 9.17) is 0 Å². The van der Waals surface area contributed by atoms with Gasteiger partial charge in [-0.05, 0) is 66.4 Å². The highest BCUT2D eigenvalue weighted by Crippen LogP contribution is 2.30. The van der Waals surface area contributed by atoms with E-state index in [-0.39, 0.29) is 17.1 Å². The number of nitrogens with zero attached hydrogens (tertiary/aromatic N) is 3. The summed E-state index contributed by atoms with van der Waals surface area (Å²) in [6, 6.07) is 11.9. The number of sulfone groups is 1. The molecule has 0 unspecified atom stereocenters. The zero-order valence-corrected chi connectivity index (χ0v) is 19.2. The van der Waals surface area contributed by atoms with Gasteiger partial charge in [-0.2, -0.15) is 0 Å². The fraction of sp³-hybridized carbons (Fsp3) is 0.250. The maximum Gasteiger partial charge on any atom is 0.253 e. The van der Waals surface area contributed by atoms with Crippen LogP contribution >= 0.6 is 0 Å². The number of benzene rings is 2. The van der Waals surface area contributed by atoms with Crippen molar-refractivity contribution in [2.24, 2.45) is 7.05 Å². The van der Waals surface area contributed by atoms with Crippen molar-refractivity contribution in [1.82, 2.24) is 14.1 Å². The van der Waals surface area contributed by atoms with E-state index < -0.39 is 9.84 Å². The van der Waals surface area contributed by atoms with E-state index in [0.29, 0.717) is 29.0 Å². The molecule has 0 amide bonds. The van der Waals surface area contributed by atoms with E-state index in [0.717, 1.165) is 22.2 Å². The van der Waals surface area contributed by atoms with Crippen LogP contribution in [0.15, 0.2) is 53.5 Å². The summed E-state index contributed by atoms with van der Waals surface area (Å²) in [6.07, 6.45) is 2.93. The van der Waals surface area contributed by atoms with Crippen LogP contribution in [0.25, 0.3) is 22.2 Å². The first-order chi connectivity index (χ1) is 15.0. The molecule has 2 aromatic carbocycles. The van der Waals surface area contributed by atoms with Gasteiger partial charge in [0.25, 0.3) is 5.56 Å². The van der Waals surface area contributed by atoms with Crippen molar-refractivity contribution in [3.05, 3.63) is 87.3 Å². The lowest BCUT2D eigenvalue weighted by atomic mass is 10.0. The minimum atomic E-state index is -3.31. The Morgan fingerprint density at radius 3 is 2.47 bits per heavy atom. The van der Waals surface area contributed by atoms with E-state index in [9.17, 15) is 17.6 Å². The lowest BCUT2D eigenvalue weighted by Crippen LogP contribution is -2.18. The van der Waals surface area contributed by atoms with Crippen molar-refractivity contribution in [3.8, 4) is 11.1 Å². The second-order valence-corrected chi connectivity index (χ2v) is 10.4. The molecule has 6 nitrogen and oxygen atoms in total. The van der Waals surface area contributed by atoms with Crippen molar-refractivity contribution in [2.45, 2.75) is 26.1 Å². The van der Waals surface area contributed by atoms with Gasteiger partial charge in [0.2, 0.25) is 0 Å². The predicted octanol–water partition coefficient (Wildman–Crippen LogP) is 3.75. The molecule has 2 heterocycles. The predicted molar refractivity (Wildman–Crippen MR) is 124 cm³/mol. The molecule has 0 saturated carbocycles. The summed E-state index contributed by atoms with van der Waals surface area (Å²) in [5, 5.41) is 0. The highest BCUT2D eigenvalue weighted by molar-refractivity contribution is 7.89. The minimum Gasteiger partial charge on any atom is -0.324 e. The van der Waals surface area contributed by atoms with E-state index >= 15 is 0 Å². The standard InChI is InChI=1S/C24H24FN3O3S/c1-15-8-19(13-27(3)24(15)29)18-10-20(14-32(4,30)31)23-22(11-18)28(16(2)26-23)12-17-6-5-7-21(25)9-17/h5-11,13H,12,14H2,1-4H3. The molecule has 0 bridgehead atoms. The first-order valence-corrected chi connectivity index (χ1v) is 12.2. The molecule has 8 heteroatoms. The Hall–Kier alpha value is -3.26. The van der Waals surface area contributed by atoms with Gasteiger partial charge in [-0.25, -0.2) is 17.8 Å². The summed E-state index contributed by atoms with van der Waals surface area (Å²) >= 11 is 0. The summed E-state index contributed by atoms with van der Waals surface area (Å²) in [5.41, 5.74) is 4.84. The Bertz CT molecular complexity index is 1490. The third-order valence-corrected chi connectivity index (χ3v) is 6.30. The van der Waals surface area contributed by atoms with Crippen molar-refractivity contribution in [1.29, 1.82) is 0 Å². The molecular formula is C24H24FN3O3S. The van der Waals surface area contributed by atoms with Crippen LogP contribution in [-0.4, -0.2) is 28.8 Å². The van der Waals surface area contributed by atoms with Gasteiger partial charge in [0.15, 0.2) is 9.84 Å². The van der Waals surface area contributed by atoms with Crippen LogP contribution in [0, 0.1) is 19.7 Å². The van der Waals surface area contributed by atoms with Gasteiger partial charge in [0, 0.05) is 31.6 Å². The van der Waals surface area contributed by atoms with Crippen molar-refractivity contribution in [2.75, 3.05) is 6.26 Å². The van der Waals surface area contributed by atoms with Crippen molar-refractivity contribution < 1.29 is 12.8 Å². The lowest BCUT2D eigenvalue weighted by Gasteiger charge is -2.12. The fourth-order valence-corrected chi connectivity index (χ4v) is 4.81. The molecule has 0 atom stereocenters. The van der Waals surface area contributed by atoms with Gasteiger partial charge in [0.05, 0.1) is 16.8 Å². The highest BCUT2D eigenvalue weighted by Gasteiger charge is 2.18. The molecule has 4 aromatic rings. The molecule has 0 fully saturated rings. The number of hydrogen-bond acceptors (Lipinski definition) is 4. The molecule has 2 aromatic heterocycles. The largest absolute Gasteiger partial charge is 0.324 e. The van der Waals surface area contributed by atoms with Gasteiger partial charge in [0.1, 0.15) is 11.6 Å². The van der Waals surface area contributed by atoms with E-state index in [2.05, 4.69) is 4.98 Å². The average molecular weight is 454 g/mol. The molecule has 0 radical (unpaired) electrons. The third-order valence-electron chi connectivity index (χ3n) is 5.47. The highest BCUT2D eigenvalue weighted by atomic mass is 32.2. The Morgan fingerprint density at radius 2 is 1.81 bits per heavy atom. The SMILES string of the molecule is Cc1cc(-c2cc(CS(C)(=O)=O)c3nc(C)n(Cc4cccc(F)c4)c3c2)cn(C)c1=O. The topological polar surface area (TPSA) is 74.0 Å². The van der Waals surface area contributed by atoms with Crippen LogP contribution in [0.3, 0.4) is 0 Å². The zero-order chi connectivity index (χ0) is 23.2. The van der Waals surface area contributed by atoms with Crippen molar-refractivity contribution >= 4 is 20.9 Å². The minimum absolute atomic E-state index is 0.0850. The van der Waals surface area contributed by atoms with E-state index in [1.54, 1.807) is 32.3 Å². The zero-order valence-electron chi connectivity index (χ0n) is 18.4. The molecule has 0 spiro atoms. The number of pyridine rings is 1. The van der Waals surface area contributed by atoms with Gasteiger partial charge >= 0.3 is 0 Å². The second kappa shape index (κ2) is 8.02. The van der Waals surface area contributed by atoms with E-state index in [1.165, 1.54) is 23.0 Å². The Kier molecular flexibility index (Phi) is 5.50. The first kappa shape index (κ1) is 22.0. The number of aryl methyl sites for hydroxylation is 3. The molecule has 0 aliphatic rings. The third kappa shape index (κ3) is 4.36. The monoisotopic (exact) mass is 453 g/mol. The summed E-state index contributed by atoms with van der Waals surface area (Å²) in [7, 11) is -1.63. The van der Waals surface area contributed by atoms with Crippen LogP contribution < -0.4 is 5.56 Å². The van der Waals surface area contributed by atoms with Crippen LogP contribution in [-0.2, 0) is 29.2 Å². The summed E-state index contributed by atoms with van der Waals surface area (Å²) < 4.78 is 41.5. The maximum absolute atomic E-state index is 13.7. The molecule has 0 N–H and O–H groups in total. The molecule has 0 saturated heterocycles. The fourth-order valence-electron chi connectivity index (χ4n) is 4.02. The maximum atomic E-state index is 13.7. The van der Waals surface area contributed by atoms with Crippen LogP contribution in [0.5, 0.6) is 0 Å². The molecule has 166 valence electrons. The number of hydrogen-bond donors (Lipinski definition) is 0. The van der Waals surface area contributed by atoms with Crippen molar-refractivity contribution in [3.63, 3.8) is 0 Å². The smallest absolute Gasteiger partial charge is 0.253 e. The molecule has 4 rings (SSSR count). The quantitative estimate of drug-likeness (QED) is 0.461. The van der Waals surface area contributed by atoms with Gasteiger partial charge in [-0.15, -0.1) is 0 Å². The van der Waals surface area contributed by atoms with Gasteiger partial charge in [-0.1, -0.05) is 12.1 Å². The van der Waals surface area contributed by atoms with Crippen LogP contribution in [0.2, 0.25) is 0 Å². The van der Waals surface area contributed by atoms with Crippen LogP contribution in [0.1, 0.15) is 22.5 Å². The summed E-state index contributed by atoms with van der Waals surface area (Å²) in [4.78, 5) is 16.8. The number of fused-ring (bicyclic) bond motifs is 1. The number of aromatic nitrogens is 3. The normalized spacial score (nSPS) is 11.9. The van der Waals surface area contributed by atoms with Crippen LogP contribution in [0.4, 0.5) is 4.39 Å². The van der Waals surface area contributed by atoms with Gasteiger partial charge < -0.3 is 9.13 Å². The van der Waals surface area contributed by atoms with E-state index in [1.807, 2.05) is 29.7 Å². The molecule has 32 heavy (non-hydrogen) atoms. The second-order valence-electron chi connectivity index (χ2n) is 8.28. The molecular weight excluding hydrogens is 429 g/mol. The average Bonchev–Trinajstić information content (AvgIpc) is 3.00. The van der Waals surface area contributed by atoms with Gasteiger partial charge in [-0.3, -0.25) is 4.79 Å². The number of imidazole rings is 1. The Morgan fingerprint density at radius 1 is 1.06 bits per heavy atom. The first-order valence-electron chi connectivity index (χ1n) is 10.1. The summed E-state index contributed by atoms with van der Waals surface area (Å²) in [5.74, 6) is 0.231. The Balaban J connectivity index is 1.97. The lowest BCUT2D eigenvalue weighted by molar-refractivity contribution is 0.601. The Labute approximate surface area is 185 Å². The number of halogens is 1. The summed E-state index contributed by atoms with van der Waals surface area (Å²) in [6.45, 7) is 3.99. The molecule has 0 aliphatic heterocycles. The number of rotatable bonds is 5. The molecule has 0 aliphatic carbocycles.